The van der Waals surface area contributed by atoms with Crippen LogP contribution in [0.25, 0.3) is 0 Å². The van der Waals surface area contributed by atoms with E-state index in [9.17, 15) is 20.0 Å². The third-order valence-corrected chi connectivity index (χ3v) is 4.66. The monoisotopic (exact) mass is 389 g/mol. The number of carboxylic acid groups (broad SMARTS) is 1. The topological polar surface area (TPSA) is 113 Å². The van der Waals surface area contributed by atoms with Crippen LogP contribution in [-0.2, 0) is 16.0 Å². The minimum atomic E-state index is -1.17. The Kier molecular flexibility index (Phi) is 6.49. The van der Waals surface area contributed by atoms with E-state index in [4.69, 9.17) is 9.47 Å². The number of methoxy groups -OCH3 is 1. The molecule has 1 aliphatic heterocycles. The molecule has 1 fully saturated rings. The Morgan fingerprint density at radius 1 is 1.32 bits per heavy atom. The van der Waals surface area contributed by atoms with Crippen LogP contribution in [0.1, 0.15) is 62.0 Å². The zero-order valence-corrected chi connectivity index (χ0v) is 17.0. The molecular formula is C20H27N3O5. The Morgan fingerprint density at radius 2 is 1.93 bits per heavy atom. The van der Waals surface area contributed by atoms with E-state index in [0.717, 1.165) is 0 Å². The first-order valence-corrected chi connectivity index (χ1v) is 9.35. The van der Waals surface area contributed by atoms with Crippen molar-refractivity contribution in [1.29, 1.82) is 5.26 Å². The maximum atomic E-state index is 12.3. The first kappa shape index (κ1) is 21.5. The Labute approximate surface area is 165 Å². The van der Waals surface area contributed by atoms with Gasteiger partial charge in [0.1, 0.15) is 17.2 Å². The van der Waals surface area contributed by atoms with Gasteiger partial charge in [-0.15, -0.1) is 0 Å². The number of ether oxygens (including phenoxy) is 2. The van der Waals surface area contributed by atoms with Crippen LogP contribution in [0.2, 0.25) is 0 Å². The van der Waals surface area contributed by atoms with Crippen molar-refractivity contribution in [1.82, 2.24) is 4.98 Å². The average Bonchev–Trinajstić information content (AvgIpc) is 2.64. The molecule has 2 rings (SSSR count). The lowest BCUT2D eigenvalue weighted by Crippen LogP contribution is -2.39. The third-order valence-electron chi connectivity index (χ3n) is 4.66. The van der Waals surface area contributed by atoms with E-state index in [1.807, 2.05) is 25.7 Å². The summed E-state index contributed by atoms with van der Waals surface area (Å²) >= 11 is 0. The number of hydrogen-bond acceptors (Lipinski definition) is 7. The van der Waals surface area contributed by atoms with Gasteiger partial charge in [0.2, 0.25) is 5.88 Å². The number of piperidine rings is 1. The number of hydrogen-bond donors (Lipinski definition) is 1. The lowest BCUT2D eigenvalue weighted by molar-refractivity contribution is -0.160. The number of nitrogens with zero attached hydrogens (tertiary/aromatic N) is 3. The Bertz CT molecular complexity index is 800. The fourth-order valence-corrected chi connectivity index (χ4v) is 3.38. The summed E-state index contributed by atoms with van der Waals surface area (Å²) in [5, 5.41) is 19.2. The van der Waals surface area contributed by atoms with Crippen molar-refractivity contribution >= 4 is 17.8 Å². The first-order valence-electron chi connectivity index (χ1n) is 9.35. The van der Waals surface area contributed by atoms with Gasteiger partial charge >= 0.3 is 11.9 Å². The number of carboxylic acids is 1. The normalized spacial score (nSPS) is 15.1. The number of esters is 1. The van der Waals surface area contributed by atoms with Crippen molar-refractivity contribution in [2.75, 3.05) is 25.1 Å². The molecule has 1 saturated heterocycles. The van der Waals surface area contributed by atoms with Crippen LogP contribution in [0.3, 0.4) is 0 Å². The van der Waals surface area contributed by atoms with E-state index in [0.29, 0.717) is 43.7 Å². The predicted molar refractivity (Wildman–Crippen MR) is 103 cm³/mol. The number of aromatic carboxylic acids is 1. The molecule has 1 N–H and O–H groups in total. The van der Waals surface area contributed by atoms with Crippen molar-refractivity contribution in [3.63, 3.8) is 0 Å². The second-order valence-corrected chi connectivity index (χ2v) is 7.74. The van der Waals surface area contributed by atoms with Gasteiger partial charge in [-0.3, -0.25) is 4.79 Å². The molecule has 8 nitrogen and oxygen atoms in total. The molecule has 2 heterocycles. The molecule has 0 saturated carbocycles. The van der Waals surface area contributed by atoms with E-state index in [2.05, 4.69) is 11.1 Å². The first-order chi connectivity index (χ1) is 13.1. The van der Waals surface area contributed by atoms with Gasteiger partial charge in [-0.05, 0) is 45.6 Å². The summed E-state index contributed by atoms with van der Waals surface area (Å²) < 4.78 is 10.7. The van der Waals surface area contributed by atoms with Gasteiger partial charge in [0.25, 0.3) is 0 Å². The number of aromatic nitrogens is 1. The molecule has 0 unspecified atom stereocenters. The Hall–Kier alpha value is -2.82. The van der Waals surface area contributed by atoms with E-state index < -0.39 is 11.6 Å². The van der Waals surface area contributed by atoms with Crippen LogP contribution in [0.5, 0.6) is 5.88 Å². The molecule has 1 aromatic heterocycles. The van der Waals surface area contributed by atoms with Crippen LogP contribution in [0.4, 0.5) is 5.82 Å². The summed E-state index contributed by atoms with van der Waals surface area (Å²) in [6.07, 6.45) is 1.52. The lowest BCUT2D eigenvalue weighted by atomic mass is 9.95. The van der Waals surface area contributed by atoms with Gasteiger partial charge in [-0.2, -0.15) is 10.2 Å². The van der Waals surface area contributed by atoms with Crippen molar-refractivity contribution in [2.45, 2.75) is 52.6 Å². The second kappa shape index (κ2) is 8.46. The smallest absolute Gasteiger partial charge is 0.341 e. The highest BCUT2D eigenvalue weighted by atomic mass is 16.6. The number of carbonyl (C=O) groups excluding carboxylic acids is 1. The number of rotatable bonds is 5. The second-order valence-electron chi connectivity index (χ2n) is 7.74. The summed E-state index contributed by atoms with van der Waals surface area (Å²) in [5.41, 5.74) is 0.0521. The van der Waals surface area contributed by atoms with Crippen molar-refractivity contribution in [3.05, 3.63) is 16.7 Å². The van der Waals surface area contributed by atoms with Gasteiger partial charge in [-0.1, -0.05) is 6.92 Å². The highest BCUT2D eigenvalue weighted by molar-refractivity contribution is 5.93. The molecule has 0 atom stereocenters. The van der Waals surface area contributed by atoms with E-state index >= 15 is 0 Å². The molecule has 1 aromatic rings. The third kappa shape index (κ3) is 4.53. The molecular weight excluding hydrogens is 362 g/mol. The van der Waals surface area contributed by atoms with Crippen LogP contribution in [-0.4, -0.2) is 47.8 Å². The zero-order chi connectivity index (χ0) is 21.1. The molecule has 0 aliphatic carbocycles. The number of anilines is 1. The van der Waals surface area contributed by atoms with E-state index in [-0.39, 0.29) is 28.9 Å². The predicted octanol–water partition coefficient (Wildman–Crippen LogP) is 2.78. The number of pyridine rings is 1. The highest BCUT2D eigenvalue weighted by Gasteiger charge is 2.32. The van der Waals surface area contributed by atoms with Gasteiger partial charge < -0.3 is 19.5 Å². The van der Waals surface area contributed by atoms with Crippen molar-refractivity contribution in [3.8, 4) is 11.9 Å². The minimum Gasteiger partial charge on any atom is -0.480 e. The summed E-state index contributed by atoms with van der Waals surface area (Å²) in [6.45, 7) is 8.35. The number of carbonyl (C=O) groups is 2. The molecule has 0 amide bonds. The lowest BCUT2D eigenvalue weighted by Gasteiger charge is -2.34. The summed E-state index contributed by atoms with van der Waals surface area (Å²) in [6, 6.07) is 2.11. The molecule has 0 aromatic carbocycles. The summed E-state index contributed by atoms with van der Waals surface area (Å²) in [7, 11) is 1.36. The SMILES string of the molecule is CCc1c(C#N)c(N2CCC(C(=O)OC(C)(C)C)CC2)nc(OC)c1C(=O)O. The maximum absolute atomic E-state index is 12.3. The van der Waals surface area contributed by atoms with Gasteiger partial charge in [-0.25, -0.2) is 4.79 Å². The molecule has 0 spiro atoms. The molecule has 152 valence electrons. The van der Waals surface area contributed by atoms with E-state index in [1.54, 1.807) is 6.92 Å². The molecule has 28 heavy (non-hydrogen) atoms. The fourth-order valence-electron chi connectivity index (χ4n) is 3.38. The van der Waals surface area contributed by atoms with Crippen LogP contribution >= 0.6 is 0 Å². The van der Waals surface area contributed by atoms with Crippen molar-refractivity contribution in [2.24, 2.45) is 5.92 Å². The molecule has 0 bridgehead atoms. The van der Waals surface area contributed by atoms with Gasteiger partial charge in [0.15, 0.2) is 5.82 Å². The molecule has 8 heteroatoms. The zero-order valence-electron chi connectivity index (χ0n) is 17.0. The molecule has 1 aliphatic rings. The summed E-state index contributed by atoms with van der Waals surface area (Å²) in [5.74, 6) is -1.19. The standard InChI is InChI=1S/C20H27N3O5/c1-6-13-14(11-21)16(22-17(27-5)15(13)18(24)25)23-9-7-12(8-10-23)19(26)28-20(2,3)4/h12H,6-10H2,1-5H3,(H,24,25). The van der Waals surface area contributed by atoms with Crippen LogP contribution < -0.4 is 9.64 Å². The van der Waals surface area contributed by atoms with Crippen LogP contribution in [0, 0.1) is 17.2 Å². The highest BCUT2D eigenvalue weighted by Crippen LogP contribution is 2.33. The fraction of sp³-hybridized carbons (Fsp3) is 0.600. The summed E-state index contributed by atoms with van der Waals surface area (Å²) in [4.78, 5) is 30.2. The van der Waals surface area contributed by atoms with E-state index in [1.165, 1.54) is 7.11 Å². The largest absolute Gasteiger partial charge is 0.480 e. The minimum absolute atomic E-state index is 0.00684. The quantitative estimate of drug-likeness (QED) is 0.765. The Balaban J connectivity index is 2.31. The molecule has 0 radical (unpaired) electrons. The Morgan fingerprint density at radius 3 is 2.36 bits per heavy atom. The van der Waals surface area contributed by atoms with Gasteiger partial charge in [0, 0.05) is 13.1 Å². The maximum Gasteiger partial charge on any atom is 0.341 e. The van der Waals surface area contributed by atoms with Crippen LogP contribution in [0.15, 0.2) is 0 Å². The number of nitriles is 1. The van der Waals surface area contributed by atoms with Gasteiger partial charge in [0.05, 0.1) is 18.6 Å². The van der Waals surface area contributed by atoms with Crippen molar-refractivity contribution < 1.29 is 24.2 Å². The average molecular weight is 389 g/mol.